The van der Waals surface area contributed by atoms with Gasteiger partial charge in [0, 0.05) is 12.1 Å². The van der Waals surface area contributed by atoms with Gasteiger partial charge in [-0.15, -0.1) is 11.3 Å². The quantitative estimate of drug-likeness (QED) is 0.772. The van der Waals surface area contributed by atoms with Gasteiger partial charge in [0.1, 0.15) is 5.52 Å². The second-order valence-electron chi connectivity index (χ2n) is 3.61. The van der Waals surface area contributed by atoms with Gasteiger partial charge in [-0.25, -0.2) is 4.98 Å². The average Bonchev–Trinajstić information content (AvgIpc) is 2.97. The molecule has 0 bridgehead atoms. The Morgan fingerprint density at radius 1 is 1.35 bits per heavy atom. The summed E-state index contributed by atoms with van der Waals surface area (Å²) in [5.74, 6) is 0. The van der Waals surface area contributed by atoms with Crippen LogP contribution in [-0.4, -0.2) is 4.98 Å². The van der Waals surface area contributed by atoms with Crippen LogP contribution in [0.1, 0.15) is 5.56 Å². The van der Waals surface area contributed by atoms with E-state index >= 15 is 0 Å². The molecule has 3 aromatic rings. The maximum atomic E-state index is 6.18. The molecule has 3 nitrogen and oxygen atoms in total. The van der Waals surface area contributed by atoms with E-state index in [2.05, 4.69) is 10.3 Å². The summed E-state index contributed by atoms with van der Waals surface area (Å²) in [6, 6.07) is 5.79. The molecule has 0 saturated heterocycles. The smallest absolute Gasteiger partial charge is 0.106 e. The van der Waals surface area contributed by atoms with E-state index in [0.717, 1.165) is 21.5 Å². The van der Waals surface area contributed by atoms with Crippen molar-refractivity contribution in [2.75, 3.05) is 5.32 Å². The summed E-state index contributed by atoms with van der Waals surface area (Å²) in [6.07, 6.45) is 3.37. The second kappa shape index (κ2) is 4.39. The molecule has 0 spiro atoms. The van der Waals surface area contributed by atoms with Crippen molar-refractivity contribution >= 4 is 38.8 Å². The molecule has 0 saturated carbocycles. The molecule has 0 amide bonds. The lowest BCUT2D eigenvalue weighted by atomic mass is 10.2. The lowest BCUT2D eigenvalue weighted by molar-refractivity contribution is 0.564. The van der Waals surface area contributed by atoms with Crippen molar-refractivity contribution in [3.05, 3.63) is 46.8 Å². The van der Waals surface area contributed by atoms with Gasteiger partial charge in [0.25, 0.3) is 0 Å². The molecule has 1 aromatic carbocycles. The Kier molecular flexibility index (Phi) is 2.74. The monoisotopic (exact) mass is 264 g/mol. The average molecular weight is 265 g/mol. The molecule has 0 aliphatic rings. The topological polar surface area (TPSA) is 38.1 Å². The highest BCUT2D eigenvalue weighted by molar-refractivity contribution is 7.16. The Balaban J connectivity index is 1.93. The van der Waals surface area contributed by atoms with Gasteiger partial charge < -0.3 is 9.73 Å². The van der Waals surface area contributed by atoms with Gasteiger partial charge in [-0.3, -0.25) is 0 Å². The van der Waals surface area contributed by atoms with Gasteiger partial charge in [0.15, 0.2) is 0 Å². The van der Waals surface area contributed by atoms with E-state index in [1.54, 1.807) is 23.9 Å². The van der Waals surface area contributed by atoms with Gasteiger partial charge in [0.05, 0.1) is 33.4 Å². The number of fused-ring (bicyclic) bond motifs is 1. The Hall–Kier alpha value is -1.52. The Morgan fingerprint density at radius 2 is 2.29 bits per heavy atom. The van der Waals surface area contributed by atoms with Crippen LogP contribution in [0.15, 0.2) is 40.7 Å². The summed E-state index contributed by atoms with van der Waals surface area (Å²) < 4.78 is 6.15. The van der Waals surface area contributed by atoms with Crippen molar-refractivity contribution in [3.8, 4) is 0 Å². The zero-order chi connectivity index (χ0) is 11.7. The van der Waals surface area contributed by atoms with Crippen LogP contribution in [0.4, 0.5) is 5.69 Å². The van der Waals surface area contributed by atoms with Crippen molar-refractivity contribution in [1.29, 1.82) is 0 Å². The summed E-state index contributed by atoms with van der Waals surface area (Å²) in [5.41, 5.74) is 4.70. The molecule has 0 atom stereocenters. The minimum Gasteiger partial charge on any atom is -0.472 e. The van der Waals surface area contributed by atoms with Crippen molar-refractivity contribution < 1.29 is 4.42 Å². The molecule has 2 aromatic heterocycles. The molecular weight excluding hydrogens is 256 g/mol. The number of halogens is 1. The summed E-state index contributed by atoms with van der Waals surface area (Å²) in [4.78, 5) is 4.33. The maximum absolute atomic E-state index is 6.18. The molecular formula is C12H9ClN2OS. The van der Waals surface area contributed by atoms with Crippen LogP contribution >= 0.6 is 22.9 Å². The summed E-state index contributed by atoms with van der Waals surface area (Å²) >= 11 is 7.78. The molecule has 0 fully saturated rings. The number of nitrogens with zero attached hydrogens (tertiary/aromatic N) is 1. The van der Waals surface area contributed by atoms with Crippen LogP contribution in [0.5, 0.6) is 0 Å². The first-order chi connectivity index (χ1) is 8.34. The van der Waals surface area contributed by atoms with Crippen LogP contribution in [0.2, 0.25) is 5.02 Å². The standard InChI is InChI=1S/C12H9ClN2OS/c13-9-1-2-10-12(15-7-17-10)11(9)14-5-8-3-4-16-6-8/h1-4,6-7,14H,5H2. The fourth-order valence-corrected chi connectivity index (χ4v) is 2.56. The predicted molar refractivity (Wildman–Crippen MR) is 70.7 cm³/mol. The highest BCUT2D eigenvalue weighted by atomic mass is 35.5. The van der Waals surface area contributed by atoms with E-state index in [-0.39, 0.29) is 0 Å². The number of aromatic nitrogens is 1. The third-order valence-corrected chi connectivity index (χ3v) is 3.61. The van der Waals surface area contributed by atoms with Crippen LogP contribution in [0.25, 0.3) is 10.2 Å². The van der Waals surface area contributed by atoms with Gasteiger partial charge in [0.2, 0.25) is 0 Å². The third-order valence-electron chi connectivity index (χ3n) is 2.50. The Morgan fingerprint density at radius 3 is 3.12 bits per heavy atom. The van der Waals surface area contributed by atoms with Crippen molar-refractivity contribution in [2.45, 2.75) is 6.54 Å². The lowest BCUT2D eigenvalue weighted by Crippen LogP contribution is -1.99. The molecule has 0 unspecified atom stereocenters. The summed E-state index contributed by atoms with van der Waals surface area (Å²) in [7, 11) is 0. The third kappa shape index (κ3) is 2.01. The molecule has 1 N–H and O–H groups in total. The van der Waals surface area contributed by atoms with E-state index in [0.29, 0.717) is 11.6 Å². The Bertz CT molecular complexity index is 633. The number of anilines is 1. The number of nitrogens with one attached hydrogen (secondary N) is 1. The number of furan rings is 1. The minimum absolute atomic E-state index is 0.673. The van der Waals surface area contributed by atoms with Gasteiger partial charge >= 0.3 is 0 Å². The number of benzene rings is 1. The zero-order valence-electron chi connectivity index (χ0n) is 8.81. The molecule has 0 aliphatic heterocycles. The van der Waals surface area contributed by atoms with E-state index < -0.39 is 0 Å². The van der Waals surface area contributed by atoms with Crippen LogP contribution in [-0.2, 0) is 6.54 Å². The number of rotatable bonds is 3. The van der Waals surface area contributed by atoms with E-state index in [1.165, 1.54) is 0 Å². The SMILES string of the molecule is Clc1ccc2scnc2c1NCc1ccoc1. The van der Waals surface area contributed by atoms with Crippen molar-refractivity contribution in [1.82, 2.24) is 4.98 Å². The van der Waals surface area contributed by atoms with Crippen LogP contribution < -0.4 is 5.32 Å². The zero-order valence-corrected chi connectivity index (χ0v) is 10.4. The van der Waals surface area contributed by atoms with E-state index in [9.17, 15) is 0 Å². The highest BCUT2D eigenvalue weighted by Gasteiger charge is 2.08. The Labute approximate surface area is 107 Å². The first-order valence-corrected chi connectivity index (χ1v) is 6.37. The van der Waals surface area contributed by atoms with E-state index in [1.807, 2.05) is 23.7 Å². The number of thiazole rings is 1. The molecule has 0 aliphatic carbocycles. The fraction of sp³-hybridized carbons (Fsp3) is 0.0833. The molecule has 86 valence electrons. The van der Waals surface area contributed by atoms with Crippen molar-refractivity contribution in [3.63, 3.8) is 0 Å². The molecule has 0 radical (unpaired) electrons. The first-order valence-electron chi connectivity index (χ1n) is 5.11. The van der Waals surface area contributed by atoms with Gasteiger partial charge in [-0.2, -0.15) is 0 Å². The van der Waals surface area contributed by atoms with Crippen LogP contribution in [0, 0.1) is 0 Å². The maximum Gasteiger partial charge on any atom is 0.106 e. The molecule has 2 heterocycles. The lowest BCUT2D eigenvalue weighted by Gasteiger charge is -2.07. The van der Waals surface area contributed by atoms with Gasteiger partial charge in [-0.1, -0.05) is 11.6 Å². The van der Waals surface area contributed by atoms with Gasteiger partial charge in [-0.05, 0) is 18.2 Å². The summed E-state index contributed by atoms with van der Waals surface area (Å²) in [6.45, 7) is 0.673. The largest absolute Gasteiger partial charge is 0.472 e. The van der Waals surface area contributed by atoms with Crippen LogP contribution in [0.3, 0.4) is 0 Å². The fourth-order valence-electron chi connectivity index (χ4n) is 1.66. The number of hydrogen-bond acceptors (Lipinski definition) is 4. The summed E-state index contributed by atoms with van der Waals surface area (Å²) in [5, 5.41) is 3.98. The number of hydrogen-bond donors (Lipinski definition) is 1. The molecule has 5 heteroatoms. The molecule has 3 rings (SSSR count). The predicted octanol–water partition coefficient (Wildman–Crippen LogP) is 4.15. The molecule has 17 heavy (non-hydrogen) atoms. The second-order valence-corrected chi connectivity index (χ2v) is 4.90. The van der Waals surface area contributed by atoms with Crippen molar-refractivity contribution in [2.24, 2.45) is 0 Å². The normalized spacial score (nSPS) is 10.9. The van der Waals surface area contributed by atoms with E-state index in [4.69, 9.17) is 16.0 Å². The minimum atomic E-state index is 0.673. The first kappa shape index (κ1) is 10.6. The highest BCUT2D eigenvalue weighted by Crippen LogP contribution is 2.32.